The van der Waals surface area contributed by atoms with Gasteiger partial charge in [0.2, 0.25) is 0 Å². The summed E-state index contributed by atoms with van der Waals surface area (Å²) >= 11 is 1.84. The highest BCUT2D eigenvalue weighted by atomic mass is 32.1. The summed E-state index contributed by atoms with van der Waals surface area (Å²) in [4.78, 5) is 15.3. The molecule has 0 atom stereocenters. The molecule has 0 saturated heterocycles. The van der Waals surface area contributed by atoms with E-state index in [4.69, 9.17) is 19.4 Å². The number of para-hydroxylation sites is 2. The number of benzene rings is 8. The molecule has 5 nitrogen and oxygen atoms in total. The molecule has 4 heterocycles. The Kier molecular flexibility index (Phi) is 7.03. The van der Waals surface area contributed by atoms with Gasteiger partial charge in [0.05, 0.1) is 11.0 Å². The van der Waals surface area contributed by atoms with E-state index in [9.17, 15) is 0 Å². The number of hydrogen-bond donors (Lipinski definition) is 0. The Labute approximate surface area is 330 Å². The summed E-state index contributed by atoms with van der Waals surface area (Å²) in [5.74, 6) is 1.90. The first kappa shape index (κ1) is 31.9. The summed E-state index contributed by atoms with van der Waals surface area (Å²) in [7, 11) is 0. The number of fused-ring (bicyclic) bond motifs is 9. The van der Waals surface area contributed by atoms with Gasteiger partial charge in [-0.05, 0) is 36.4 Å². The van der Waals surface area contributed by atoms with Crippen LogP contribution in [0, 0.1) is 0 Å². The number of furan rings is 1. The maximum atomic E-state index is 6.75. The molecule has 12 aromatic rings. The van der Waals surface area contributed by atoms with Crippen LogP contribution in [0.15, 0.2) is 186 Å². The second kappa shape index (κ2) is 12.6. The molecule has 0 bridgehead atoms. The molecule has 4 aromatic heterocycles. The first-order chi connectivity index (χ1) is 28.3. The van der Waals surface area contributed by atoms with Gasteiger partial charge in [-0.25, -0.2) is 15.0 Å². The summed E-state index contributed by atoms with van der Waals surface area (Å²) in [6, 6.07) is 63.7. The lowest BCUT2D eigenvalue weighted by molar-refractivity contribution is 0.670. The summed E-state index contributed by atoms with van der Waals surface area (Å²) in [6.45, 7) is 0. The predicted molar refractivity (Wildman–Crippen MR) is 236 cm³/mol. The summed E-state index contributed by atoms with van der Waals surface area (Å²) < 4.78 is 11.7. The van der Waals surface area contributed by atoms with Gasteiger partial charge in [-0.15, -0.1) is 11.3 Å². The number of nitrogens with zero attached hydrogens (tertiary/aromatic N) is 4. The molecule has 0 radical (unpaired) electrons. The third kappa shape index (κ3) is 4.98. The van der Waals surface area contributed by atoms with E-state index in [1.54, 1.807) is 0 Å². The fraction of sp³-hybridized carbons (Fsp3) is 0. The van der Waals surface area contributed by atoms with Gasteiger partial charge in [-0.3, -0.25) is 0 Å². The number of hydrogen-bond acceptors (Lipinski definition) is 5. The van der Waals surface area contributed by atoms with Crippen LogP contribution in [-0.4, -0.2) is 19.5 Å². The molecule has 0 fully saturated rings. The van der Waals surface area contributed by atoms with Gasteiger partial charge in [0.1, 0.15) is 11.2 Å². The number of rotatable bonds is 5. The third-order valence-corrected chi connectivity index (χ3v) is 12.3. The molecule has 0 N–H and O–H groups in total. The van der Waals surface area contributed by atoms with Crippen molar-refractivity contribution in [3.05, 3.63) is 182 Å². The van der Waals surface area contributed by atoms with E-state index in [1.165, 1.54) is 20.2 Å². The summed E-state index contributed by atoms with van der Waals surface area (Å²) in [6.07, 6.45) is 0. The smallest absolute Gasteiger partial charge is 0.164 e. The van der Waals surface area contributed by atoms with Gasteiger partial charge in [0.15, 0.2) is 17.5 Å². The Balaban J connectivity index is 1.15. The van der Waals surface area contributed by atoms with Crippen molar-refractivity contribution in [2.24, 2.45) is 0 Å². The highest BCUT2D eigenvalue weighted by molar-refractivity contribution is 7.26. The van der Waals surface area contributed by atoms with E-state index < -0.39 is 0 Å². The molecular weight excluding hydrogens is 717 g/mol. The summed E-state index contributed by atoms with van der Waals surface area (Å²) in [5, 5.41) is 6.91. The molecule has 8 aromatic carbocycles. The zero-order valence-corrected chi connectivity index (χ0v) is 31.2. The Bertz CT molecular complexity index is 3470. The monoisotopic (exact) mass is 746 g/mol. The molecule has 0 aliphatic rings. The highest BCUT2D eigenvalue weighted by Crippen LogP contribution is 2.46. The van der Waals surface area contributed by atoms with Crippen molar-refractivity contribution < 1.29 is 4.42 Å². The first-order valence-electron chi connectivity index (χ1n) is 19.0. The van der Waals surface area contributed by atoms with Gasteiger partial charge < -0.3 is 8.98 Å². The van der Waals surface area contributed by atoms with Crippen molar-refractivity contribution in [3.8, 4) is 51.0 Å². The molecule has 6 heteroatoms. The molecule has 266 valence electrons. The maximum Gasteiger partial charge on any atom is 0.164 e. The minimum absolute atomic E-state index is 0.629. The van der Waals surface area contributed by atoms with E-state index >= 15 is 0 Å². The molecule has 0 unspecified atom stereocenters. The van der Waals surface area contributed by atoms with Gasteiger partial charge in [-0.2, -0.15) is 0 Å². The molecule has 57 heavy (non-hydrogen) atoms. The van der Waals surface area contributed by atoms with E-state index in [2.05, 4.69) is 120 Å². The maximum absolute atomic E-state index is 6.75. The first-order valence-corrected chi connectivity index (χ1v) is 19.8. The number of aromatic nitrogens is 4. The lowest BCUT2D eigenvalue weighted by atomic mass is 9.99. The van der Waals surface area contributed by atoms with Crippen molar-refractivity contribution >= 4 is 75.3 Å². The standard InChI is InChI=1S/C51H30N4OS/c1-3-15-31(16-4-1)49-52-50(32-17-5-2-6-18-32)54-51(53-49)39-24-14-26-43-46(39)38-21-7-10-25-42(38)55(43)33-29-40-34-19-8-11-27-44(34)56-47(40)41(30-33)37-23-13-22-36-35-20-9-12-28-45(35)57-48(36)37/h1-30H. The minimum atomic E-state index is 0.629. The Morgan fingerprint density at radius 2 is 1.02 bits per heavy atom. The summed E-state index contributed by atoms with van der Waals surface area (Å²) in [5.41, 5.74) is 10.0. The van der Waals surface area contributed by atoms with Crippen molar-refractivity contribution in [2.75, 3.05) is 0 Å². The van der Waals surface area contributed by atoms with Crippen molar-refractivity contribution in [1.29, 1.82) is 0 Å². The Hall–Kier alpha value is -7.41. The van der Waals surface area contributed by atoms with Crippen molar-refractivity contribution in [1.82, 2.24) is 19.5 Å². The molecule has 0 saturated carbocycles. The average Bonchev–Trinajstić information content (AvgIpc) is 3.96. The highest BCUT2D eigenvalue weighted by Gasteiger charge is 2.23. The normalized spacial score (nSPS) is 11.9. The fourth-order valence-electron chi connectivity index (χ4n) is 8.51. The van der Waals surface area contributed by atoms with Crippen LogP contribution < -0.4 is 0 Å². The van der Waals surface area contributed by atoms with Crippen molar-refractivity contribution in [2.45, 2.75) is 0 Å². The van der Waals surface area contributed by atoms with E-state index in [0.29, 0.717) is 17.5 Å². The van der Waals surface area contributed by atoms with Crippen LogP contribution in [-0.2, 0) is 0 Å². The van der Waals surface area contributed by atoms with Crippen LogP contribution in [0.3, 0.4) is 0 Å². The molecule has 0 spiro atoms. The molecular formula is C51H30N4OS. The SMILES string of the molecule is c1ccc(-c2nc(-c3ccccc3)nc(-c3cccc4c3c3ccccc3n4-c3cc(-c4cccc5c4sc4ccccc45)c4oc5ccccc5c4c3)n2)cc1. The quantitative estimate of drug-likeness (QED) is 0.176. The van der Waals surface area contributed by atoms with Gasteiger partial charge in [-0.1, -0.05) is 146 Å². The van der Waals surface area contributed by atoms with Gasteiger partial charge in [0.25, 0.3) is 0 Å². The zero-order chi connectivity index (χ0) is 37.5. The van der Waals surface area contributed by atoms with E-state index in [0.717, 1.165) is 77.2 Å². The predicted octanol–water partition coefficient (Wildman–Crippen LogP) is 13.9. The molecule has 0 aliphatic heterocycles. The zero-order valence-electron chi connectivity index (χ0n) is 30.4. The van der Waals surface area contributed by atoms with Crippen LogP contribution in [0.5, 0.6) is 0 Å². The largest absolute Gasteiger partial charge is 0.455 e. The lowest BCUT2D eigenvalue weighted by Crippen LogP contribution is -2.00. The third-order valence-electron chi connectivity index (χ3n) is 11.1. The Morgan fingerprint density at radius 3 is 1.81 bits per heavy atom. The fourth-order valence-corrected chi connectivity index (χ4v) is 9.74. The topological polar surface area (TPSA) is 56.7 Å². The Morgan fingerprint density at radius 1 is 0.421 bits per heavy atom. The molecule has 0 aliphatic carbocycles. The van der Waals surface area contributed by atoms with Crippen LogP contribution in [0.1, 0.15) is 0 Å². The second-order valence-corrected chi connectivity index (χ2v) is 15.4. The van der Waals surface area contributed by atoms with E-state index in [-0.39, 0.29) is 0 Å². The van der Waals surface area contributed by atoms with Crippen LogP contribution in [0.4, 0.5) is 0 Å². The molecule has 12 rings (SSSR count). The average molecular weight is 747 g/mol. The second-order valence-electron chi connectivity index (χ2n) is 14.3. The lowest BCUT2D eigenvalue weighted by Gasteiger charge is -2.13. The van der Waals surface area contributed by atoms with Crippen LogP contribution >= 0.6 is 11.3 Å². The van der Waals surface area contributed by atoms with Crippen molar-refractivity contribution in [3.63, 3.8) is 0 Å². The van der Waals surface area contributed by atoms with Gasteiger partial charge >= 0.3 is 0 Å². The molecule has 0 amide bonds. The van der Waals surface area contributed by atoms with Crippen LogP contribution in [0.2, 0.25) is 0 Å². The number of thiophene rings is 1. The van der Waals surface area contributed by atoms with Crippen LogP contribution in [0.25, 0.3) is 115 Å². The minimum Gasteiger partial charge on any atom is -0.455 e. The van der Waals surface area contributed by atoms with E-state index in [1.807, 2.05) is 78.1 Å². The van der Waals surface area contributed by atoms with Gasteiger partial charge in [0, 0.05) is 75.2 Å².